The van der Waals surface area contributed by atoms with E-state index >= 15 is 0 Å². The summed E-state index contributed by atoms with van der Waals surface area (Å²) in [6.07, 6.45) is 0. The first-order chi connectivity index (χ1) is 10.00. The largest absolute Gasteiger partial charge is 0.465 e. The van der Waals surface area contributed by atoms with Gasteiger partial charge in [0.15, 0.2) is 5.66 Å². The Kier molecular flexibility index (Phi) is 7.02. The summed E-state index contributed by atoms with van der Waals surface area (Å²) in [6.45, 7) is 5.08. The molecular weight excluding hydrogens is 298 g/mol. The van der Waals surface area contributed by atoms with Gasteiger partial charge in [0.2, 0.25) is 0 Å². The summed E-state index contributed by atoms with van der Waals surface area (Å²) in [5.41, 5.74) is -1.49. The standard InChI is InChI=1S/C14H20FO5P/c1-4-18-14(16)13(11-9-7-8-10-12(11)15)21(17,19-5-2)20-6-3/h7-10,13H,4-6H2,1-3H3/t13-/m0/s1. The van der Waals surface area contributed by atoms with Crippen LogP contribution in [-0.4, -0.2) is 25.8 Å². The van der Waals surface area contributed by atoms with E-state index in [0.29, 0.717) is 0 Å². The summed E-state index contributed by atoms with van der Waals surface area (Å²) in [4.78, 5) is 12.2. The number of esters is 1. The third kappa shape index (κ3) is 4.37. The van der Waals surface area contributed by atoms with Crippen LogP contribution in [0.25, 0.3) is 0 Å². The van der Waals surface area contributed by atoms with E-state index < -0.39 is 25.0 Å². The number of carbonyl (C=O) groups is 1. The van der Waals surface area contributed by atoms with Gasteiger partial charge < -0.3 is 13.8 Å². The minimum absolute atomic E-state index is 0.0545. The molecule has 1 aromatic carbocycles. The van der Waals surface area contributed by atoms with Crippen LogP contribution in [0.2, 0.25) is 0 Å². The quantitative estimate of drug-likeness (QED) is 0.540. The molecule has 0 saturated carbocycles. The first-order valence-electron chi connectivity index (χ1n) is 6.80. The van der Waals surface area contributed by atoms with E-state index in [1.54, 1.807) is 26.8 Å². The molecule has 1 atom stereocenters. The Morgan fingerprint density at radius 2 is 1.71 bits per heavy atom. The molecule has 1 aromatic rings. The van der Waals surface area contributed by atoms with Crippen LogP contribution < -0.4 is 0 Å². The van der Waals surface area contributed by atoms with Crippen LogP contribution in [0.5, 0.6) is 0 Å². The molecule has 0 spiro atoms. The first-order valence-corrected chi connectivity index (χ1v) is 8.41. The van der Waals surface area contributed by atoms with Gasteiger partial charge in [0.05, 0.1) is 19.8 Å². The average molecular weight is 318 g/mol. The van der Waals surface area contributed by atoms with Gasteiger partial charge in [-0.3, -0.25) is 9.36 Å². The van der Waals surface area contributed by atoms with Crippen molar-refractivity contribution in [1.82, 2.24) is 0 Å². The van der Waals surface area contributed by atoms with Crippen molar-refractivity contribution < 1.29 is 27.5 Å². The second-order valence-corrected chi connectivity index (χ2v) is 6.16. The maximum Gasteiger partial charge on any atom is 0.349 e. The van der Waals surface area contributed by atoms with Gasteiger partial charge in [-0.15, -0.1) is 0 Å². The summed E-state index contributed by atoms with van der Waals surface area (Å²) in [7, 11) is -3.88. The van der Waals surface area contributed by atoms with Crippen molar-refractivity contribution in [3.63, 3.8) is 0 Å². The van der Waals surface area contributed by atoms with Gasteiger partial charge in [0.1, 0.15) is 5.82 Å². The minimum atomic E-state index is -3.88. The minimum Gasteiger partial charge on any atom is -0.465 e. The molecule has 0 aliphatic rings. The van der Waals surface area contributed by atoms with E-state index in [1.165, 1.54) is 18.2 Å². The second-order valence-electron chi connectivity index (χ2n) is 4.05. The fourth-order valence-corrected chi connectivity index (χ4v) is 3.87. The highest BCUT2D eigenvalue weighted by Gasteiger charge is 2.44. The Morgan fingerprint density at radius 1 is 1.14 bits per heavy atom. The van der Waals surface area contributed by atoms with Crippen molar-refractivity contribution in [3.8, 4) is 0 Å². The molecule has 21 heavy (non-hydrogen) atoms. The highest BCUT2D eigenvalue weighted by Crippen LogP contribution is 2.61. The molecule has 0 bridgehead atoms. The molecule has 5 nitrogen and oxygen atoms in total. The lowest BCUT2D eigenvalue weighted by molar-refractivity contribution is -0.143. The van der Waals surface area contributed by atoms with Crippen LogP contribution in [0, 0.1) is 5.82 Å². The smallest absolute Gasteiger partial charge is 0.349 e. The molecule has 0 aliphatic carbocycles. The number of halogens is 1. The lowest BCUT2D eigenvalue weighted by Gasteiger charge is -2.25. The molecule has 0 heterocycles. The lowest BCUT2D eigenvalue weighted by atomic mass is 10.1. The van der Waals surface area contributed by atoms with Crippen LogP contribution in [0.4, 0.5) is 4.39 Å². The number of rotatable bonds is 8. The predicted molar refractivity (Wildman–Crippen MR) is 76.6 cm³/mol. The normalized spacial score (nSPS) is 13.0. The van der Waals surface area contributed by atoms with Crippen LogP contribution >= 0.6 is 7.60 Å². The van der Waals surface area contributed by atoms with E-state index in [2.05, 4.69) is 0 Å². The third-order valence-electron chi connectivity index (χ3n) is 2.64. The van der Waals surface area contributed by atoms with E-state index in [1.807, 2.05) is 0 Å². The van der Waals surface area contributed by atoms with Crippen molar-refractivity contribution in [3.05, 3.63) is 35.6 Å². The number of carbonyl (C=O) groups excluding carboxylic acids is 1. The molecular formula is C14H20FO5P. The monoisotopic (exact) mass is 318 g/mol. The van der Waals surface area contributed by atoms with E-state index in [0.717, 1.165) is 0 Å². The van der Waals surface area contributed by atoms with Crippen molar-refractivity contribution in [2.45, 2.75) is 26.4 Å². The van der Waals surface area contributed by atoms with Gasteiger partial charge in [-0.25, -0.2) is 4.39 Å². The number of ether oxygens (including phenoxy) is 1. The van der Waals surface area contributed by atoms with Crippen molar-refractivity contribution in [2.24, 2.45) is 0 Å². The average Bonchev–Trinajstić information content (AvgIpc) is 2.42. The van der Waals surface area contributed by atoms with Gasteiger partial charge in [-0.1, -0.05) is 18.2 Å². The molecule has 0 aliphatic heterocycles. The summed E-state index contributed by atoms with van der Waals surface area (Å²) < 4.78 is 42.1. The summed E-state index contributed by atoms with van der Waals surface area (Å²) in [5.74, 6) is -1.48. The number of hydrogen-bond donors (Lipinski definition) is 0. The van der Waals surface area contributed by atoms with Crippen molar-refractivity contribution in [1.29, 1.82) is 0 Å². The van der Waals surface area contributed by atoms with Crippen LogP contribution in [0.3, 0.4) is 0 Å². The van der Waals surface area contributed by atoms with Gasteiger partial charge in [0.25, 0.3) is 0 Å². The summed E-state index contributed by atoms with van der Waals surface area (Å²) in [5, 5.41) is 0. The highest BCUT2D eigenvalue weighted by molar-refractivity contribution is 7.55. The van der Waals surface area contributed by atoms with Crippen LogP contribution in [0.1, 0.15) is 32.0 Å². The van der Waals surface area contributed by atoms with Gasteiger partial charge >= 0.3 is 13.6 Å². The Morgan fingerprint density at radius 3 is 2.19 bits per heavy atom. The number of hydrogen-bond acceptors (Lipinski definition) is 5. The fourth-order valence-electron chi connectivity index (χ4n) is 1.89. The third-order valence-corrected chi connectivity index (χ3v) is 5.00. The van der Waals surface area contributed by atoms with Crippen LogP contribution in [0.15, 0.2) is 24.3 Å². The maximum atomic E-state index is 14.0. The molecule has 0 fully saturated rings. The molecule has 1 rings (SSSR count). The van der Waals surface area contributed by atoms with Crippen LogP contribution in [-0.2, 0) is 23.1 Å². The topological polar surface area (TPSA) is 61.8 Å². The highest BCUT2D eigenvalue weighted by atomic mass is 31.2. The Balaban J connectivity index is 3.33. The SMILES string of the molecule is CCOC(=O)[C@H](c1ccccc1F)P(=O)(OCC)OCC. The summed E-state index contributed by atoms with van der Waals surface area (Å²) in [6, 6.07) is 5.59. The molecule has 118 valence electrons. The van der Waals surface area contributed by atoms with Gasteiger partial charge in [-0.05, 0) is 26.8 Å². The summed E-state index contributed by atoms with van der Waals surface area (Å²) >= 11 is 0. The second kappa shape index (κ2) is 8.27. The Labute approximate surface area is 123 Å². The fraction of sp³-hybridized carbons (Fsp3) is 0.500. The molecule has 0 radical (unpaired) electrons. The molecule has 0 unspecified atom stereocenters. The van der Waals surface area contributed by atoms with E-state index in [-0.39, 0.29) is 25.4 Å². The van der Waals surface area contributed by atoms with Gasteiger partial charge in [0, 0.05) is 5.56 Å². The zero-order valence-corrected chi connectivity index (χ0v) is 13.3. The zero-order chi connectivity index (χ0) is 15.9. The van der Waals surface area contributed by atoms with Gasteiger partial charge in [-0.2, -0.15) is 0 Å². The molecule has 7 heteroatoms. The Bertz CT molecular complexity index is 510. The molecule has 0 amide bonds. The van der Waals surface area contributed by atoms with Crippen molar-refractivity contribution >= 4 is 13.6 Å². The number of benzene rings is 1. The van der Waals surface area contributed by atoms with E-state index in [4.69, 9.17) is 13.8 Å². The Hall–Kier alpha value is -1.23. The lowest BCUT2D eigenvalue weighted by Crippen LogP contribution is -2.20. The maximum absolute atomic E-state index is 14.0. The molecule has 0 N–H and O–H groups in total. The molecule has 0 saturated heterocycles. The molecule has 0 aromatic heterocycles. The predicted octanol–water partition coefficient (Wildman–Crippen LogP) is 3.70. The first kappa shape index (κ1) is 17.8. The van der Waals surface area contributed by atoms with E-state index in [9.17, 15) is 13.8 Å². The zero-order valence-electron chi connectivity index (χ0n) is 12.4. The van der Waals surface area contributed by atoms with Crippen molar-refractivity contribution in [2.75, 3.05) is 19.8 Å².